The van der Waals surface area contributed by atoms with Gasteiger partial charge in [0, 0.05) is 50.3 Å². The zero-order chi connectivity index (χ0) is 15.9. The van der Waals surface area contributed by atoms with Crippen molar-refractivity contribution in [1.82, 2.24) is 25.4 Å². The van der Waals surface area contributed by atoms with Gasteiger partial charge in [-0.3, -0.25) is 9.89 Å². The number of hydrogen-bond acceptors (Lipinski definition) is 5. The van der Waals surface area contributed by atoms with Crippen molar-refractivity contribution in [3.05, 3.63) is 16.1 Å². The Balaban J connectivity index is 1.77. The normalized spacial score (nSPS) is 21.1. The minimum atomic E-state index is 0.517. The van der Waals surface area contributed by atoms with Gasteiger partial charge in [0.25, 0.3) is 0 Å². The van der Waals surface area contributed by atoms with E-state index >= 15 is 0 Å². The molecule has 1 fully saturated rings. The SMILES string of the molecule is CCc1cnc(CNC(=NC)NCC2CN(C)CCN2C)s1. The van der Waals surface area contributed by atoms with Crippen molar-refractivity contribution in [2.45, 2.75) is 25.9 Å². The van der Waals surface area contributed by atoms with Gasteiger partial charge in [0.15, 0.2) is 5.96 Å². The van der Waals surface area contributed by atoms with Crippen LogP contribution in [0, 0.1) is 0 Å². The van der Waals surface area contributed by atoms with Gasteiger partial charge in [-0.05, 0) is 20.5 Å². The first-order chi connectivity index (χ1) is 10.6. The number of nitrogens with zero attached hydrogens (tertiary/aromatic N) is 4. The molecule has 0 saturated carbocycles. The number of aliphatic imine (C=N–C) groups is 1. The average Bonchev–Trinajstić information content (AvgIpc) is 2.98. The number of guanidine groups is 1. The maximum absolute atomic E-state index is 4.42. The lowest BCUT2D eigenvalue weighted by atomic mass is 10.2. The molecule has 124 valence electrons. The Bertz CT molecular complexity index is 486. The van der Waals surface area contributed by atoms with Crippen LogP contribution in [0.15, 0.2) is 11.2 Å². The first-order valence-electron chi connectivity index (χ1n) is 7.89. The Morgan fingerprint density at radius 3 is 2.91 bits per heavy atom. The quantitative estimate of drug-likeness (QED) is 0.614. The molecule has 2 rings (SSSR count). The smallest absolute Gasteiger partial charge is 0.191 e. The monoisotopic (exact) mass is 324 g/mol. The van der Waals surface area contributed by atoms with Gasteiger partial charge in [0.2, 0.25) is 0 Å². The van der Waals surface area contributed by atoms with E-state index in [-0.39, 0.29) is 0 Å². The Morgan fingerprint density at radius 2 is 2.23 bits per heavy atom. The number of thiazole rings is 1. The van der Waals surface area contributed by atoms with Crippen molar-refractivity contribution in [1.29, 1.82) is 0 Å². The van der Waals surface area contributed by atoms with Crippen LogP contribution in [0.4, 0.5) is 0 Å². The second kappa shape index (κ2) is 8.45. The molecule has 2 N–H and O–H groups in total. The van der Waals surface area contributed by atoms with Gasteiger partial charge >= 0.3 is 0 Å². The second-order valence-electron chi connectivity index (χ2n) is 5.78. The number of likely N-dealkylation sites (N-methyl/N-ethyl adjacent to an activating group) is 2. The molecule has 0 aromatic carbocycles. The maximum Gasteiger partial charge on any atom is 0.191 e. The number of aryl methyl sites for hydroxylation is 1. The van der Waals surface area contributed by atoms with E-state index < -0.39 is 0 Å². The molecule has 0 amide bonds. The van der Waals surface area contributed by atoms with E-state index in [4.69, 9.17) is 0 Å². The number of nitrogens with one attached hydrogen (secondary N) is 2. The molecule has 1 aromatic rings. The van der Waals surface area contributed by atoms with Crippen LogP contribution < -0.4 is 10.6 Å². The Hall–Kier alpha value is -1.18. The predicted octanol–water partition coefficient (Wildman–Crippen LogP) is 0.616. The standard InChI is InChI=1S/C15H28N6S/c1-5-13-9-17-14(22-13)10-19-15(16-2)18-8-12-11-20(3)6-7-21(12)4/h9,12H,5-8,10-11H2,1-4H3,(H2,16,18,19). The van der Waals surface area contributed by atoms with Crippen molar-refractivity contribution >= 4 is 17.3 Å². The molecule has 2 heterocycles. The van der Waals surface area contributed by atoms with E-state index in [1.54, 1.807) is 11.3 Å². The average molecular weight is 324 g/mol. The Labute approximate surface area is 137 Å². The largest absolute Gasteiger partial charge is 0.355 e. The van der Waals surface area contributed by atoms with E-state index in [9.17, 15) is 0 Å². The van der Waals surface area contributed by atoms with Crippen LogP contribution >= 0.6 is 11.3 Å². The highest BCUT2D eigenvalue weighted by molar-refractivity contribution is 7.11. The summed E-state index contributed by atoms with van der Waals surface area (Å²) >= 11 is 1.76. The summed E-state index contributed by atoms with van der Waals surface area (Å²) in [5, 5.41) is 7.88. The number of piperazine rings is 1. The highest BCUT2D eigenvalue weighted by Crippen LogP contribution is 2.12. The highest BCUT2D eigenvalue weighted by atomic mass is 32.1. The Kier molecular flexibility index (Phi) is 6.60. The van der Waals surface area contributed by atoms with Gasteiger partial charge in [-0.15, -0.1) is 11.3 Å². The summed E-state index contributed by atoms with van der Waals surface area (Å²) in [6.07, 6.45) is 3.01. The minimum Gasteiger partial charge on any atom is -0.355 e. The molecule has 1 saturated heterocycles. The topological polar surface area (TPSA) is 55.8 Å². The van der Waals surface area contributed by atoms with E-state index in [1.165, 1.54) is 4.88 Å². The molecule has 6 nitrogen and oxygen atoms in total. The number of hydrogen-bond donors (Lipinski definition) is 2. The second-order valence-corrected chi connectivity index (χ2v) is 6.98. The van der Waals surface area contributed by atoms with Gasteiger partial charge < -0.3 is 15.5 Å². The third-order valence-corrected chi connectivity index (χ3v) is 5.21. The van der Waals surface area contributed by atoms with Crippen LogP contribution in [0.3, 0.4) is 0 Å². The van der Waals surface area contributed by atoms with E-state index in [2.05, 4.69) is 51.4 Å². The van der Waals surface area contributed by atoms with E-state index in [0.717, 1.165) is 50.1 Å². The molecular weight excluding hydrogens is 296 g/mol. The summed E-state index contributed by atoms with van der Waals surface area (Å²) in [5.41, 5.74) is 0. The van der Waals surface area contributed by atoms with Crippen molar-refractivity contribution in [3.8, 4) is 0 Å². The number of aromatic nitrogens is 1. The summed E-state index contributed by atoms with van der Waals surface area (Å²) in [7, 11) is 6.18. The van der Waals surface area contributed by atoms with Gasteiger partial charge in [0.05, 0.1) is 6.54 Å². The fourth-order valence-corrected chi connectivity index (χ4v) is 3.31. The van der Waals surface area contributed by atoms with Crippen LogP contribution in [0.5, 0.6) is 0 Å². The lowest BCUT2D eigenvalue weighted by Crippen LogP contribution is -2.55. The zero-order valence-corrected chi connectivity index (χ0v) is 14.9. The zero-order valence-electron chi connectivity index (χ0n) is 14.1. The summed E-state index contributed by atoms with van der Waals surface area (Å²) in [5.74, 6) is 0.842. The molecule has 1 aromatic heterocycles. The van der Waals surface area contributed by atoms with Crippen LogP contribution in [0.2, 0.25) is 0 Å². The summed E-state index contributed by atoms with van der Waals surface area (Å²) in [4.78, 5) is 14.8. The van der Waals surface area contributed by atoms with Gasteiger partial charge in [0.1, 0.15) is 5.01 Å². The molecule has 1 aliphatic rings. The van der Waals surface area contributed by atoms with Gasteiger partial charge in [-0.2, -0.15) is 0 Å². The molecule has 22 heavy (non-hydrogen) atoms. The molecule has 7 heteroatoms. The molecule has 1 aliphatic heterocycles. The first kappa shape index (κ1) is 17.2. The fraction of sp³-hybridized carbons (Fsp3) is 0.733. The van der Waals surface area contributed by atoms with Crippen LogP contribution in [0.1, 0.15) is 16.8 Å². The van der Waals surface area contributed by atoms with Gasteiger partial charge in [-0.1, -0.05) is 6.92 Å². The highest BCUT2D eigenvalue weighted by Gasteiger charge is 2.21. The van der Waals surface area contributed by atoms with E-state index in [1.807, 2.05) is 13.2 Å². The van der Waals surface area contributed by atoms with Crippen LogP contribution in [-0.2, 0) is 13.0 Å². The molecule has 0 spiro atoms. The van der Waals surface area contributed by atoms with Crippen molar-refractivity contribution in [3.63, 3.8) is 0 Å². The molecule has 1 atom stereocenters. The molecule has 0 bridgehead atoms. The first-order valence-corrected chi connectivity index (χ1v) is 8.71. The fourth-order valence-electron chi connectivity index (χ4n) is 2.51. The maximum atomic E-state index is 4.42. The minimum absolute atomic E-state index is 0.517. The lowest BCUT2D eigenvalue weighted by Gasteiger charge is -2.37. The van der Waals surface area contributed by atoms with Crippen molar-refractivity contribution in [2.75, 3.05) is 47.3 Å². The Morgan fingerprint density at radius 1 is 1.41 bits per heavy atom. The molecule has 0 aliphatic carbocycles. The summed E-state index contributed by atoms with van der Waals surface area (Å²) < 4.78 is 0. The van der Waals surface area contributed by atoms with Crippen LogP contribution in [-0.4, -0.2) is 74.1 Å². The third-order valence-electron chi connectivity index (χ3n) is 4.07. The molecule has 1 unspecified atom stereocenters. The number of rotatable bonds is 5. The molecule has 0 radical (unpaired) electrons. The lowest BCUT2D eigenvalue weighted by molar-refractivity contribution is 0.116. The van der Waals surface area contributed by atoms with Gasteiger partial charge in [-0.25, -0.2) is 4.98 Å². The predicted molar refractivity (Wildman–Crippen MR) is 93.6 cm³/mol. The molecular formula is C15H28N6S. The summed E-state index contributed by atoms with van der Waals surface area (Å²) in [6, 6.07) is 0.517. The van der Waals surface area contributed by atoms with E-state index in [0.29, 0.717) is 6.04 Å². The summed E-state index contributed by atoms with van der Waals surface area (Å²) in [6.45, 7) is 7.14. The van der Waals surface area contributed by atoms with Crippen LogP contribution in [0.25, 0.3) is 0 Å². The van der Waals surface area contributed by atoms with Crippen molar-refractivity contribution in [2.24, 2.45) is 4.99 Å². The third kappa shape index (κ3) is 4.93. The van der Waals surface area contributed by atoms with Crippen molar-refractivity contribution < 1.29 is 0 Å².